The number of rotatable bonds is 4. The topological polar surface area (TPSA) is 114 Å². The van der Waals surface area contributed by atoms with Gasteiger partial charge in [0.15, 0.2) is 6.10 Å². The molecule has 0 bridgehead atoms. The van der Waals surface area contributed by atoms with Crippen LogP contribution >= 0.6 is 0 Å². The van der Waals surface area contributed by atoms with Gasteiger partial charge in [-0.25, -0.2) is 8.42 Å². The van der Waals surface area contributed by atoms with Crippen molar-refractivity contribution in [2.45, 2.75) is 17.9 Å². The van der Waals surface area contributed by atoms with Crippen LogP contribution in [0.2, 0.25) is 0 Å². The molecule has 2 aliphatic rings. The van der Waals surface area contributed by atoms with Gasteiger partial charge in [-0.2, -0.15) is 0 Å². The number of ether oxygens (including phenoxy) is 2. The molecule has 0 unspecified atom stereocenters. The summed E-state index contributed by atoms with van der Waals surface area (Å²) in [6, 6.07) is 10.6. The minimum absolute atomic E-state index is 0.0374. The van der Waals surface area contributed by atoms with Crippen molar-refractivity contribution < 1.29 is 27.5 Å². The molecule has 0 aliphatic carbocycles. The molecular formula is C20H21N3O6S. The molecule has 2 amide bonds. The summed E-state index contributed by atoms with van der Waals surface area (Å²) in [6.07, 6.45) is -0.648. The number of morpholine rings is 1. The number of amides is 2. The summed E-state index contributed by atoms with van der Waals surface area (Å²) in [5.41, 5.74) is 0.940. The lowest BCUT2D eigenvalue weighted by molar-refractivity contribution is -0.122. The zero-order valence-electron chi connectivity index (χ0n) is 16.3. The van der Waals surface area contributed by atoms with Crippen LogP contribution in [0.15, 0.2) is 47.4 Å². The average Bonchev–Trinajstić information content (AvgIpc) is 2.74. The van der Waals surface area contributed by atoms with Gasteiger partial charge in [0.05, 0.1) is 23.8 Å². The average molecular weight is 431 g/mol. The van der Waals surface area contributed by atoms with Crippen molar-refractivity contribution in [3.05, 3.63) is 48.0 Å². The summed E-state index contributed by atoms with van der Waals surface area (Å²) in [6.45, 7) is 3.56. The Labute approximate surface area is 174 Å². The second-order valence-electron chi connectivity index (χ2n) is 7.00. The van der Waals surface area contributed by atoms with E-state index in [0.717, 1.165) is 0 Å². The van der Waals surface area contributed by atoms with Crippen molar-refractivity contribution in [1.29, 1.82) is 0 Å². The van der Waals surface area contributed by atoms with Gasteiger partial charge in [-0.15, -0.1) is 0 Å². The molecule has 0 aromatic heterocycles. The lowest BCUT2D eigenvalue weighted by atomic mass is 10.1. The minimum Gasteiger partial charge on any atom is -0.479 e. The summed E-state index contributed by atoms with van der Waals surface area (Å²) < 4.78 is 38.9. The van der Waals surface area contributed by atoms with E-state index in [9.17, 15) is 18.0 Å². The first-order valence-electron chi connectivity index (χ1n) is 9.45. The number of hydrogen-bond donors (Lipinski definition) is 2. The molecule has 2 aromatic rings. The number of anilines is 2. The first-order chi connectivity index (χ1) is 14.3. The number of fused-ring (bicyclic) bond motifs is 1. The molecule has 0 radical (unpaired) electrons. The molecule has 10 heteroatoms. The summed E-state index contributed by atoms with van der Waals surface area (Å²) in [7, 11) is -3.95. The number of nitrogens with zero attached hydrogens (tertiary/aromatic N) is 1. The lowest BCUT2D eigenvalue weighted by Crippen LogP contribution is -2.40. The predicted octanol–water partition coefficient (Wildman–Crippen LogP) is 1.68. The van der Waals surface area contributed by atoms with Gasteiger partial charge in [-0.3, -0.25) is 14.3 Å². The molecule has 158 valence electrons. The van der Waals surface area contributed by atoms with Crippen molar-refractivity contribution in [2.75, 3.05) is 36.3 Å². The molecular weight excluding hydrogens is 410 g/mol. The molecule has 0 spiro atoms. The van der Waals surface area contributed by atoms with Crippen molar-refractivity contribution in [1.82, 2.24) is 4.90 Å². The number of carbonyl (C=O) groups is 2. The van der Waals surface area contributed by atoms with Crippen LogP contribution in [0.1, 0.15) is 17.3 Å². The van der Waals surface area contributed by atoms with Gasteiger partial charge in [0.1, 0.15) is 5.75 Å². The Morgan fingerprint density at radius 2 is 1.93 bits per heavy atom. The Bertz CT molecular complexity index is 1100. The fourth-order valence-electron chi connectivity index (χ4n) is 3.23. The van der Waals surface area contributed by atoms with Crippen LogP contribution in [0.4, 0.5) is 11.4 Å². The van der Waals surface area contributed by atoms with Crippen molar-refractivity contribution in [3.63, 3.8) is 0 Å². The summed E-state index contributed by atoms with van der Waals surface area (Å²) in [4.78, 5) is 26.1. The molecule has 0 saturated carbocycles. The standard InChI is InChI=1S/C20H21N3O6S/c1-13-19(24)21-17-12-16(5-6-18(17)29-13)30(26,27)22-15-4-2-3-14(11-15)20(25)23-7-9-28-10-8-23/h2-6,11-13,22H,7-10H2,1H3,(H,21,24)/t13-/m1/s1. The summed E-state index contributed by atoms with van der Waals surface area (Å²) >= 11 is 0. The van der Waals surface area contributed by atoms with E-state index < -0.39 is 16.1 Å². The maximum atomic E-state index is 12.8. The van der Waals surface area contributed by atoms with Crippen LogP contribution in [-0.2, 0) is 19.6 Å². The largest absolute Gasteiger partial charge is 0.479 e. The number of sulfonamides is 1. The highest BCUT2D eigenvalue weighted by Gasteiger charge is 2.26. The Morgan fingerprint density at radius 1 is 1.17 bits per heavy atom. The SMILES string of the molecule is C[C@H]1Oc2ccc(S(=O)(=O)Nc3cccc(C(=O)N4CCOCC4)c3)cc2NC1=O. The predicted molar refractivity (Wildman–Crippen MR) is 109 cm³/mol. The van der Waals surface area contributed by atoms with E-state index in [4.69, 9.17) is 9.47 Å². The van der Waals surface area contributed by atoms with Crippen molar-refractivity contribution in [3.8, 4) is 5.75 Å². The van der Waals surface area contributed by atoms with Gasteiger partial charge >= 0.3 is 0 Å². The molecule has 2 aromatic carbocycles. The van der Waals surface area contributed by atoms with Gasteiger partial charge in [0.2, 0.25) is 0 Å². The third kappa shape index (κ3) is 4.10. The highest BCUT2D eigenvalue weighted by atomic mass is 32.2. The van der Waals surface area contributed by atoms with E-state index in [1.807, 2.05) is 0 Å². The Morgan fingerprint density at radius 3 is 2.70 bits per heavy atom. The molecule has 2 N–H and O–H groups in total. The highest BCUT2D eigenvalue weighted by Crippen LogP contribution is 2.32. The normalized spacial score (nSPS) is 18.8. The summed E-state index contributed by atoms with van der Waals surface area (Å²) in [5.74, 6) is -0.124. The highest BCUT2D eigenvalue weighted by molar-refractivity contribution is 7.92. The number of carbonyl (C=O) groups excluding carboxylic acids is 2. The Balaban J connectivity index is 1.55. The molecule has 2 heterocycles. The maximum Gasteiger partial charge on any atom is 0.265 e. The lowest BCUT2D eigenvalue weighted by Gasteiger charge is -2.27. The van der Waals surface area contributed by atoms with Gasteiger partial charge in [0, 0.05) is 24.3 Å². The second kappa shape index (κ2) is 7.96. The van der Waals surface area contributed by atoms with E-state index >= 15 is 0 Å². The van der Waals surface area contributed by atoms with Crippen LogP contribution in [0.3, 0.4) is 0 Å². The third-order valence-corrected chi connectivity index (χ3v) is 6.23. The van der Waals surface area contributed by atoms with E-state index in [0.29, 0.717) is 37.6 Å². The van der Waals surface area contributed by atoms with E-state index in [1.165, 1.54) is 24.3 Å². The zero-order valence-corrected chi connectivity index (χ0v) is 17.1. The maximum absolute atomic E-state index is 12.8. The fourth-order valence-corrected chi connectivity index (χ4v) is 4.31. The molecule has 4 rings (SSSR count). The number of nitrogens with one attached hydrogen (secondary N) is 2. The van der Waals surface area contributed by atoms with Crippen molar-refractivity contribution in [2.24, 2.45) is 0 Å². The first kappa shape index (κ1) is 20.2. The smallest absolute Gasteiger partial charge is 0.265 e. The monoisotopic (exact) mass is 431 g/mol. The molecule has 30 heavy (non-hydrogen) atoms. The van der Waals surface area contributed by atoms with E-state index in [2.05, 4.69) is 10.0 Å². The minimum atomic E-state index is -3.95. The number of hydrogen-bond acceptors (Lipinski definition) is 6. The van der Waals surface area contributed by atoms with Crippen LogP contribution in [0, 0.1) is 0 Å². The van der Waals surface area contributed by atoms with Crippen molar-refractivity contribution >= 4 is 33.2 Å². The third-order valence-electron chi connectivity index (χ3n) is 4.85. The quantitative estimate of drug-likeness (QED) is 0.761. The zero-order chi connectivity index (χ0) is 21.3. The van der Waals surface area contributed by atoms with Gasteiger partial charge in [-0.1, -0.05) is 6.07 Å². The van der Waals surface area contributed by atoms with Gasteiger partial charge in [0.25, 0.3) is 21.8 Å². The molecule has 1 saturated heterocycles. The van der Waals surface area contributed by atoms with Crippen LogP contribution in [0.25, 0.3) is 0 Å². The van der Waals surface area contributed by atoms with Gasteiger partial charge < -0.3 is 19.7 Å². The second-order valence-corrected chi connectivity index (χ2v) is 8.68. The van der Waals surface area contributed by atoms with E-state index in [1.54, 1.807) is 30.0 Å². The fraction of sp³-hybridized carbons (Fsp3) is 0.300. The number of benzene rings is 2. The van der Waals surface area contributed by atoms with Crippen LogP contribution in [-0.4, -0.2) is 57.5 Å². The van der Waals surface area contributed by atoms with Crippen LogP contribution < -0.4 is 14.8 Å². The van der Waals surface area contributed by atoms with Gasteiger partial charge in [-0.05, 0) is 43.3 Å². The first-order valence-corrected chi connectivity index (χ1v) is 10.9. The summed E-state index contributed by atoms with van der Waals surface area (Å²) in [5, 5.41) is 2.63. The molecule has 2 aliphatic heterocycles. The molecule has 9 nitrogen and oxygen atoms in total. The Hall–Kier alpha value is -3.11. The molecule has 1 atom stereocenters. The van der Waals surface area contributed by atoms with E-state index in [-0.39, 0.29) is 28.1 Å². The van der Waals surface area contributed by atoms with Crippen LogP contribution in [0.5, 0.6) is 5.75 Å². The molecule has 1 fully saturated rings. The Kier molecular flexibility index (Phi) is 5.35.